The van der Waals surface area contributed by atoms with Crippen LogP contribution in [0.4, 0.5) is 5.69 Å². The van der Waals surface area contributed by atoms with Gasteiger partial charge in [-0.3, -0.25) is 4.99 Å². The van der Waals surface area contributed by atoms with Gasteiger partial charge in [-0.2, -0.15) is 0 Å². The number of benzene rings is 6. The Morgan fingerprint density at radius 2 is 1.43 bits per heavy atom. The molecule has 0 saturated carbocycles. The van der Waals surface area contributed by atoms with Gasteiger partial charge in [-0.05, 0) is 62.5 Å². The molecule has 0 aliphatic carbocycles. The minimum absolute atomic E-state index is 0. The van der Waals surface area contributed by atoms with E-state index in [2.05, 4.69) is 143 Å². The molecule has 3 nitrogen and oxygen atoms in total. The Labute approximate surface area is 333 Å². The second-order valence-corrected chi connectivity index (χ2v) is 20.1. The predicted octanol–water partition coefficient (Wildman–Crippen LogP) is 12.5. The number of fused-ring (bicyclic) bond motifs is 4. The predicted molar refractivity (Wildman–Crippen MR) is 224 cm³/mol. The third-order valence-corrected chi connectivity index (χ3v) is 12.1. The van der Waals surface area contributed by atoms with Crippen LogP contribution in [0.5, 0.6) is 0 Å². The number of furan rings is 1. The van der Waals surface area contributed by atoms with Crippen molar-refractivity contribution >= 4 is 46.6 Å². The number of pyridine rings is 1. The largest absolute Gasteiger partial charge is 0.501 e. The van der Waals surface area contributed by atoms with Crippen molar-refractivity contribution in [2.24, 2.45) is 4.99 Å². The molecule has 2 aromatic heterocycles. The molecule has 0 bridgehead atoms. The summed E-state index contributed by atoms with van der Waals surface area (Å²) in [4.78, 5) is 9.78. The first-order chi connectivity index (χ1) is 25.8. The number of nitrogens with zero attached hydrogens (tertiary/aromatic N) is 2. The summed E-state index contributed by atoms with van der Waals surface area (Å²) < 4.78 is 6.27. The smallest absolute Gasteiger partial charge is 0.120 e. The summed E-state index contributed by atoms with van der Waals surface area (Å²) in [7, 11) is -1.49. The fraction of sp³-hybridized carbons (Fsp3) is 0.143. The summed E-state index contributed by atoms with van der Waals surface area (Å²) in [5, 5.41) is 3.64. The molecule has 0 amide bonds. The zero-order chi connectivity index (χ0) is 36.5. The average Bonchev–Trinajstić information content (AvgIpc) is 3.77. The van der Waals surface area contributed by atoms with Crippen molar-refractivity contribution in [3.8, 4) is 22.4 Å². The summed E-state index contributed by atoms with van der Waals surface area (Å²) in [6, 6.07) is 57.2. The number of aliphatic imine (C=N–C) groups is 1. The molecular weight excluding hydrogens is 853 g/mol. The summed E-state index contributed by atoms with van der Waals surface area (Å²) in [5.41, 5.74) is 13.2. The van der Waals surface area contributed by atoms with Crippen molar-refractivity contribution in [1.82, 2.24) is 4.98 Å². The van der Waals surface area contributed by atoms with Gasteiger partial charge >= 0.3 is 0 Å². The molecule has 0 N–H and O–H groups in total. The minimum atomic E-state index is -1.49. The summed E-state index contributed by atoms with van der Waals surface area (Å²) in [6.45, 7) is 11.6. The first-order valence-corrected chi connectivity index (χ1v) is 21.9. The normalized spacial score (nSPS) is 13.6. The van der Waals surface area contributed by atoms with Gasteiger partial charge in [0.2, 0.25) is 0 Å². The van der Waals surface area contributed by atoms with E-state index in [1.54, 1.807) is 0 Å². The van der Waals surface area contributed by atoms with Gasteiger partial charge in [0.15, 0.2) is 0 Å². The van der Waals surface area contributed by atoms with E-state index in [1.165, 1.54) is 33.0 Å². The molecule has 1 unspecified atom stereocenters. The molecule has 8 aromatic rings. The molecule has 54 heavy (non-hydrogen) atoms. The maximum absolute atomic E-state index is 6.27. The van der Waals surface area contributed by atoms with E-state index >= 15 is 0 Å². The molecule has 1 radical (unpaired) electrons. The average molecular weight is 895 g/mol. The maximum Gasteiger partial charge on any atom is 0.120 e. The van der Waals surface area contributed by atoms with Crippen LogP contribution >= 0.6 is 0 Å². The van der Waals surface area contributed by atoms with Crippen molar-refractivity contribution in [1.29, 1.82) is 0 Å². The molecule has 1 aliphatic rings. The van der Waals surface area contributed by atoms with E-state index in [-0.39, 0.29) is 26.0 Å². The molecule has 6 aromatic carbocycles. The van der Waals surface area contributed by atoms with Crippen LogP contribution in [-0.2, 0) is 20.1 Å². The van der Waals surface area contributed by atoms with Crippen LogP contribution in [0, 0.1) is 12.1 Å². The third-order valence-electron chi connectivity index (χ3n) is 10.1. The molecule has 0 saturated heterocycles. The maximum atomic E-state index is 6.27. The van der Waals surface area contributed by atoms with Crippen LogP contribution in [0.1, 0.15) is 47.9 Å². The third kappa shape index (κ3) is 7.32. The summed E-state index contributed by atoms with van der Waals surface area (Å²) in [5.74, 6) is 0.630. The summed E-state index contributed by atoms with van der Waals surface area (Å²) in [6.07, 6.45) is 2.09. The number of hydrogen-bond acceptors (Lipinski definition) is 3. The quantitative estimate of drug-likeness (QED) is 0.123. The van der Waals surface area contributed by atoms with Crippen LogP contribution in [0.2, 0.25) is 19.6 Å². The number of rotatable bonds is 6. The Hall–Kier alpha value is -5.19. The SMILES string of the molecule is CC(C)c1ccc(-c2cc(-c3[c-]cccc3)ncc2[Si](C)(C)C)cc1.[Ir].[c-]1ccc2c(oc3ccccc32)c1C1=Nc2ccccc2C1c1ccccc1. The van der Waals surface area contributed by atoms with Crippen LogP contribution < -0.4 is 5.19 Å². The molecule has 269 valence electrons. The van der Waals surface area contributed by atoms with Gasteiger partial charge in [-0.1, -0.05) is 142 Å². The molecule has 5 heteroatoms. The number of para-hydroxylation sites is 2. The van der Waals surface area contributed by atoms with Crippen LogP contribution in [0.3, 0.4) is 0 Å². The Bertz CT molecular complexity index is 2570. The molecule has 1 aliphatic heterocycles. The van der Waals surface area contributed by atoms with Gasteiger partial charge in [-0.25, -0.2) is 0 Å². The number of hydrogen-bond donors (Lipinski definition) is 0. The van der Waals surface area contributed by atoms with Crippen molar-refractivity contribution in [2.75, 3.05) is 0 Å². The topological polar surface area (TPSA) is 38.4 Å². The van der Waals surface area contributed by atoms with Crippen LogP contribution in [0.15, 0.2) is 161 Å². The fourth-order valence-electron chi connectivity index (χ4n) is 7.28. The molecule has 1 atom stereocenters. The standard InChI is InChI=1S/C26H16NO.C23H26NSi.Ir/c1-2-9-17(10-3-1)24-20-12-4-6-15-22(20)27-25(24)21-14-8-13-19-18-11-5-7-16-23(18)28-26(19)21;1-17(2)18-11-13-19(14-12-18)21-15-22(20-9-7-6-8-10-20)24-16-23(21)25(3,4)5;/h1-13,15-16,24H;6-9,11-17H,1-5H3;/q2*-1;. The van der Waals surface area contributed by atoms with Crippen molar-refractivity contribution < 1.29 is 24.5 Å². The van der Waals surface area contributed by atoms with E-state index in [4.69, 9.17) is 14.4 Å². The van der Waals surface area contributed by atoms with Gasteiger partial charge in [0.25, 0.3) is 0 Å². The first-order valence-electron chi connectivity index (χ1n) is 18.4. The van der Waals surface area contributed by atoms with Gasteiger partial charge in [0.05, 0.1) is 19.3 Å². The molecule has 0 fully saturated rings. The first kappa shape index (κ1) is 37.1. The van der Waals surface area contributed by atoms with Gasteiger partial charge in [0, 0.05) is 37.6 Å². The molecule has 9 rings (SSSR count). The monoisotopic (exact) mass is 895 g/mol. The van der Waals surface area contributed by atoms with Gasteiger partial charge < -0.3 is 9.40 Å². The Morgan fingerprint density at radius 3 is 2.17 bits per heavy atom. The van der Waals surface area contributed by atoms with Gasteiger partial charge in [0.1, 0.15) is 5.58 Å². The van der Waals surface area contributed by atoms with E-state index < -0.39 is 8.07 Å². The Balaban J connectivity index is 0.000000165. The molecule has 0 spiro atoms. The van der Waals surface area contributed by atoms with Crippen LogP contribution in [0.25, 0.3) is 44.3 Å². The Morgan fingerprint density at radius 1 is 0.704 bits per heavy atom. The minimum Gasteiger partial charge on any atom is -0.501 e. The van der Waals surface area contributed by atoms with Gasteiger partial charge in [-0.15, -0.1) is 54.1 Å². The second-order valence-electron chi connectivity index (χ2n) is 15.0. The van der Waals surface area contributed by atoms with Crippen molar-refractivity contribution in [3.63, 3.8) is 0 Å². The van der Waals surface area contributed by atoms with E-state index in [9.17, 15) is 0 Å². The van der Waals surface area contributed by atoms with E-state index in [0.717, 1.165) is 50.2 Å². The number of aromatic nitrogens is 1. The fourth-order valence-corrected chi connectivity index (χ4v) is 8.75. The van der Waals surface area contributed by atoms with E-state index in [0.29, 0.717) is 5.92 Å². The van der Waals surface area contributed by atoms with E-state index in [1.807, 2.05) is 54.6 Å². The second kappa shape index (κ2) is 15.7. The zero-order valence-electron chi connectivity index (χ0n) is 31.2. The summed E-state index contributed by atoms with van der Waals surface area (Å²) >= 11 is 0. The molecule has 3 heterocycles. The zero-order valence-corrected chi connectivity index (χ0v) is 34.6. The van der Waals surface area contributed by atoms with Crippen molar-refractivity contribution in [2.45, 2.75) is 45.3 Å². The molecular formula is C49H42IrN2OSi-2. The Kier molecular flexibility index (Phi) is 10.8. The van der Waals surface area contributed by atoms with Crippen LogP contribution in [-0.4, -0.2) is 18.8 Å². The van der Waals surface area contributed by atoms with Crippen molar-refractivity contribution in [3.05, 3.63) is 186 Å².